The van der Waals surface area contributed by atoms with Gasteiger partial charge in [-0.05, 0) is 0 Å². The van der Waals surface area contributed by atoms with Gasteiger partial charge < -0.3 is 5.32 Å². The third kappa shape index (κ3) is 1.66. The molecular weight excluding hydrogens is 242 g/mol. The maximum absolute atomic E-state index is 11.6. The maximum atomic E-state index is 11.6. The van der Waals surface area contributed by atoms with Crippen LogP contribution in [0, 0.1) is 0 Å². The van der Waals surface area contributed by atoms with Crippen molar-refractivity contribution in [3.05, 3.63) is 35.0 Å². The van der Waals surface area contributed by atoms with Gasteiger partial charge in [-0.2, -0.15) is 5.10 Å². The minimum absolute atomic E-state index is 0.0994. The summed E-state index contributed by atoms with van der Waals surface area (Å²) in [7, 11) is 0. The number of hydrogen-bond acceptors (Lipinski definition) is 4. The largest absolute Gasteiger partial charge is 0.352 e. The molecule has 2 aromatic rings. The third-order valence-electron chi connectivity index (χ3n) is 2.60. The predicted molar refractivity (Wildman–Crippen MR) is 60.2 cm³/mol. The fourth-order valence-electron chi connectivity index (χ4n) is 1.83. The minimum Gasteiger partial charge on any atom is -0.352 e. The number of carbonyl (C=O) groups excluding carboxylic acids is 1. The van der Waals surface area contributed by atoms with Gasteiger partial charge in [0.1, 0.15) is 11.5 Å². The predicted octanol–water partition coefficient (Wildman–Crippen LogP) is 0.602. The molecule has 0 fully saturated rings. The Morgan fingerprint density at radius 3 is 3.12 bits per heavy atom. The molecule has 1 aliphatic heterocycles. The fraction of sp³-hybridized carbons (Fsp3) is 0.200. The van der Waals surface area contributed by atoms with Crippen LogP contribution in [0.3, 0.4) is 0 Å². The second-order valence-electron chi connectivity index (χ2n) is 3.62. The molecule has 0 aromatic carbocycles. The molecule has 1 aliphatic rings. The van der Waals surface area contributed by atoms with Crippen molar-refractivity contribution in [1.82, 2.24) is 25.1 Å². The first-order chi connectivity index (χ1) is 8.25. The smallest absolute Gasteiger partial charge is 0.254 e. The zero-order valence-electron chi connectivity index (χ0n) is 8.72. The highest BCUT2D eigenvalue weighted by molar-refractivity contribution is 6.29. The Hall–Kier alpha value is -1.95. The van der Waals surface area contributed by atoms with E-state index in [0.717, 1.165) is 12.1 Å². The van der Waals surface area contributed by atoms with Crippen LogP contribution in [-0.2, 0) is 6.42 Å². The summed E-state index contributed by atoms with van der Waals surface area (Å²) in [5.41, 5.74) is 1.44. The summed E-state index contributed by atoms with van der Waals surface area (Å²) in [6.07, 6.45) is 3.64. The molecule has 2 aromatic heterocycles. The van der Waals surface area contributed by atoms with Gasteiger partial charge >= 0.3 is 0 Å². The molecule has 0 radical (unpaired) electrons. The van der Waals surface area contributed by atoms with E-state index in [9.17, 15) is 4.79 Å². The average molecular weight is 250 g/mol. The van der Waals surface area contributed by atoms with Gasteiger partial charge in [0.25, 0.3) is 5.91 Å². The summed E-state index contributed by atoms with van der Waals surface area (Å²) in [4.78, 5) is 19.5. The van der Waals surface area contributed by atoms with E-state index in [1.807, 2.05) is 0 Å². The lowest BCUT2D eigenvalue weighted by molar-refractivity contribution is 0.0945. The van der Waals surface area contributed by atoms with Crippen molar-refractivity contribution in [2.75, 3.05) is 6.54 Å². The number of nitrogens with one attached hydrogen (secondary N) is 1. The van der Waals surface area contributed by atoms with Gasteiger partial charge in [-0.1, -0.05) is 11.6 Å². The fourth-order valence-corrected chi connectivity index (χ4v) is 1.97. The summed E-state index contributed by atoms with van der Waals surface area (Å²) in [5.74, 6) is 0.471. The molecule has 86 valence electrons. The lowest BCUT2D eigenvalue weighted by Gasteiger charge is -2.14. The molecule has 0 spiro atoms. The van der Waals surface area contributed by atoms with Crippen LogP contribution in [-0.4, -0.2) is 32.2 Å². The molecule has 3 rings (SSSR count). The molecule has 0 atom stereocenters. The van der Waals surface area contributed by atoms with Gasteiger partial charge in [-0.3, -0.25) is 4.79 Å². The second kappa shape index (κ2) is 3.81. The first-order valence-electron chi connectivity index (χ1n) is 5.09. The van der Waals surface area contributed by atoms with Crippen LogP contribution in [0.1, 0.15) is 16.1 Å². The monoisotopic (exact) mass is 249 g/mol. The topological polar surface area (TPSA) is 72.7 Å². The Morgan fingerprint density at radius 1 is 1.41 bits per heavy atom. The van der Waals surface area contributed by atoms with Gasteiger partial charge in [-0.15, -0.1) is 0 Å². The molecule has 0 bridgehead atoms. The summed E-state index contributed by atoms with van der Waals surface area (Å²) in [6.45, 7) is 0.607. The van der Waals surface area contributed by atoms with Crippen molar-refractivity contribution in [3.8, 4) is 5.82 Å². The van der Waals surface area contributed by atoms with E-state index in [1.165, 1.54) is 6.33 Å². The quantitative estimate of drug-likeness (QED) is 0.752. The Morgan fingerprint density at radius 2 is 2.29 bits per heavy atom. The molecule has 1 amide bonds. The standard InChI is InChI=1S/C10H8ClN5O/c11-8-3-9(14-5-13-8)16-7-1-2-12-10(17)6(7)4-15-16/h3-5H,1-2H2,(H,12,17). The average Bonchev–Trinajstić information content (AvgIpc) is 2.74. The Bertz CT molecular complexity index is 594. The van der Waals surface area contributed by atoms with E-state index in [4.69, 9.17) is 11.6 Å². The maximum Gasteiger partial charge on any atom is 0.254 e. The summed E-state index contributed by atoms with van der Waals surface area (Å²) in [5, 5.41) is 7.28. The van der Waals surface area contributed by atoms with Crippen LogP contribution in [0.5, 0.6) is 0 Å². The van der Waals surface area contributed by atoms with Crippen LogP contribution in [0.15, 0.2) is 18.6 Å². The third-order valence-corrected chi connectivity index (χ3v) is 2.80. The molecule has 7 heteroatoms. The number of aromatic nitrogens is 4. The molecule has 17 heavy (non-hydrogen) atoms. The molecule has 0 saturated heterocycles. The van der Waals surface area contributed by atoms with Gasteiger partial charge in [-0.25, -0.2) is 14.6 Å². The molecule has 0 unspecified atom stereocenters. The summed E-state index contributed by atoms with van der Waals surface area (Å²) < 4.78 is 1.63. The zero-order chi connectivity index (χ0) is 11.8. The van der Waals surface area contributed by atoms with Crippen molar-refractivity contribution >= 4 is 17.5 Å². The Balaban J connectivity index is 2.13. The highest BCUT2D eigenvalue weighted by atomic mass is 35.5. The SMILES string of the molecule is O=C1NCCc2c1cnn2-c1cc(Cl)ncn1. The van der Waals surface area contributed by atoms with E-state index < -0.39 is 0 Å². The Kier molecular flexibility index (Phi) is 2.29. The van der Waals surface area contributed by atoms with Crippen LogP contribution in [0.4, 0.5) is 0 Å². The number of carbonyl (C=O) groups is 1. The van der Waals surface area contributed by atoms with Gasteiger partial charge in [0.15, 0.2) is 5.82 Å². The van der Waals surface area contributed by atoms with E-state index in [0.29, 0.717) is 23.1 Å². The van der Waals surface area contributed by atoms with Crippen molar-refractivity contribution in [2.24, 2.45) is 0 Å². The van der Waals surface area contributed by atoms with Crippen molar-refractivity contribution in [1.29, 1.82) is 0 Å². The zero-order valence-corrected chi connectivity index (χ0v) is 9.48. The first kappa shape index (κ1) is 10.2. The van der Waals surface area contributed by atoms with Gasteiger partial charge in [0.2, 0.25) is 0 Å². The van der Waals surface area contributed by atoms with Crippen molar-refractivity contribution in [2.45, 2.75) is 6.42 Å². The number of fused-ring (bicyclic) bond motifs is 1. The second-order valence-corrected chi connectivity index (χ2v) is 4.01. The summed E-state index contributed by atoms with van der Waals surface area (Å²) >= 11 is 5.80. The molecule has 0 aliphatic carbocycles. The lowest BCUT2D eigenvalue weighted by Crippen LogP contribution is -2.32. The van der Waals surface area contributed by atoms with E-state index >= 15 is 0 Å². The van der Waals surface area contributed by atoms with Crippen LogP contribution >= 0.6 is 11.6 Å². The highest BCUT2D eigenvalue weighted by Crippen LogP contribution is 2.17. The molecular formula is C10H8ClN5O. The molecule has 3 heterocycles. The van der Waals surface area contributed by atoms with Crippen LogP contribution in [0.2, 0.25) is 5.15 Å². The van der Waals surface area contributed by atoms with Crippen molar-refractivity contribution in [3.63, 3.8) is 0 Å². The molecule has 1 N–H and O–H groups in total. The normalized spacial score (nSPS) is 14.3. The lowest BCUT2D eigenvalue weighted by atomic mass is 10.1. The number of hydrogen-bond donors (Lipinski definition) is 1. The highest BCUT2D eigenvalue weighted by Gasteiger charge is 2.22. The number of rotatable bonds is 1. The number of nitrogens with zero attached hydrogens (tertiary/aromatic N) is 4. The number of halogens is 1. The van der Waals surface area contributed by atoms with E-state index in [1.54, 1.807) is 16.9 Å². The Labute approximate surface area is 102 Å². The molecule has 6 nitrogen and oxygen atoms in total. The van der Waals surface area contributed by atoms with E-state index in [2.05, 4.69) is 20.4 Å². The number of amides is 1. The van der Waals surface area contributed by atoms with E-state index in [-0.39, 0.29) is 5.91 Å². The van der Waals surface area contributed by atoms with Gasteiger partial charge in [0, 0.05) is 19.0 Å². The van der Waals surface area contributed by atoms with Crippen LogP contribution < -0.4 is 5.32 Å². The van der Waals surface area contributed by atoms with Crippen LogP contribution in [0.25, 0.3) is 5.82 Å². The first-order valence-corrected chi connectivity index (χ1v) is 5.46. The summed E-state index contributed by atoms with van der Waals surface area (Å²) in [6, 6.07) is 1.61. The molecule has 0 saturated carbocycles. The van der Waals surface area contributed by atoms with Crippen molar-refractivity contribution < 1.29 is 4.79 Å². The minimum atomic E-state index is -0.0994. The van der Waals surface area contributed by atoms with Gasteiger partial charge in [0.05, 0.1) is 17.5 Å².